The predicted octanol–water partition coefficient (Wildman–Crippen LogP) is 0.616. The van der Waals surface area contributed by atoms with Crippen molar-refractivity contribution >= 4 is 49.8 Å². The van der Waals surface area contributed by atoms with Crippen LogP contribution in [0.1, 0.15) is 12.5 Å². The molecule has 1 aromatic heterocycles. The Kier molecular flexibility index (Phi) is 10.1. The van der Waals surface area contributed by atoms with Crippen molar-refractivity contribution in [3.8, 4) is 0 Å². The summed E-state index contributed by atoms with van der Waals surface area (Å²) >= 11 is 0. The average molecular weight is 519 g/mol. The molecule has 0 unspecified atom stereocenters. The van der Waals surface area contributed by atoms with Gasteiger partial charge in [0.1, 0.15) is 4.90 Å². The molecular weight excluding hydrogens is 492 g/mol. The maximum absolute atomic E-state index is 11.8. The monoisotopic (exact) mass is 518 g/mol. The predicted molar refractivity (Wildman–Crippen MR) is 125 cm³/mol. The van der Waals surface area contributed by atoms with E-state index in [4.69, 9.17) is 14.4 Å². The van der Waals surface area contributed by atoms with E-state index in [1.54, 1.807) is 19.1 Å². The fraction of sp³-hybridized carbons (Fsp3) is 0.389. The number of allylic oxidation sites excluding steroid dienone is 1. The summed E-state index contributed by atoms with van der Waals surface area (Å²) in [5.41, 5.74) is 0.525. The van der Waals surface area contributed by atoms with Gasteiger partial charge in [-0.1, -0.05) is 18.2 Å². The van der Waals surface area contributed by atoms with Crippen LogP contribution in [-0.4, -0.2) is 84.7 Å². The van der Waals surface area contributed by atoms with E-state index in [1.807, 2.05) is 0 Å². The zero-order valence-corrected chi connectivity index (χ0v) is 19.8. The first-order valence-electron chi connectivity index (χ1n) is 9.90. The van der Waals surface area contributed by atoms with Crippen LogP contribution in [0, 0.1) is 0 Å². The van der Waals surface area contributed by atoms with Crippen LogP contribution in [0.3, 0.4) is 0 Å². The Morgan fingerprint density at radius 3 is 2.21 bits per heavy atom. The smallest absolute Gasteiger partial charge is 0.295 e. The van der Waals surface area contributed by atoms with Gasteiger partial charge in [0, 0.05) is 18.8 Å². The molecule has 1 aromatic carbocycles. The van der Waals surface area contributed by atoms with E-state index in [1.165, 1.54) is 18.2 Å². The second-order valence-corrected chi connectivity index (χ2v) is 9.60. The van der Waals surface area contributed by atoms with Crippen molar-refractivity contribution in [1.29, 1.82) is 0 Å². The third-order valence-electron chi connectivity index (χ3n) is 3.94. The van der Waals surface area contributed by atoms with Gasteiger partial charge in [0.15, 0.2) is 0 Å². The van der Waals surface area contributed by atoms with Crippen molar-refractivity contribution in [2.24, 2.45) is 0 Å². The first-order chi connectivity index (χ1) is 16.0. The quantitative estimate of drug-likeness (QED) is 0.149. The molecule has 0 aliphatic rings. The molecule has 0 saturated carbocycles. The molecule has 0 aliphatic heterocycles. The van der Waals surface area contributed by atoms with Crippen LogP contribution < -0.4 is 16.0 Å². The largest absolute Gasteiger partial charge is 0.394 e. The number of nitrogens with one attached hydrogen (secondary N) is 3. The second kappa shape index (κ2) is 12.5. The number of ether oxygens (including phenoxy) is 1. The van der Waals surface area contributed by atoms with Crippen LogP contribution >= 0.6 is 0 Å². The lowest BCUT2D eigenvalue weighted by molar-refractivity contribution is 0.0991. The first kappa shape index (κ1) is 27.4. The number of aliphatic hydroxyl groups is 1. The van der Waals surface area contributed by atoms with Gasteiger partial charge < -0.3 is 25.8 Å². The fourth-order valence-electron chi connectivity index (χ4n) is 2.57. The average Bonchev–Trinajstić information content (AvgIpc) is 2.73. The van der Waals surface area contributed by atoms with Crippen LogP contribution in [0.15, 0.2) is 29.2 Å². The van der Waals surface area contributed by atoms with Crippen LogP contribution in [0.25, 0.3) is 6.08 Å². The van der Waals surface area contributed by atoms with Crippen molar-refractivity contribution in [2.45, 2.75) is 11.8 Å². The fourth-order valence-corrected chi connectivity index (χ4v) is 3.64. The van der Waals surface area contributed by atoms with Crippen molar-refractivity contribution < 1.29 is 35.8 Å². The maximum Gasteiger partial charge on any atom is 0.295 e. The van der Waals surface area contributed by atoms with Crippen molar-refractivity contribution in [3.05, 3.63) is 29.8 Å². The number of anilines is 4. The number of rotatable bonds is 14. The summed E-state index contributed by atoms with van der Waals surface area (Å²) in [6.45, 7) is 2.06. The zero-order chi connectivity index (χ0) is 25.2. The van der Waals surface area contributed by atoms with E-state index in [9.17, 15) is 21.4 Å². The lowest BCUT2D eigenvalue weighted by atomic mass is 10.2. The highest BCUT2D eigenvalue weighted by atomic mass is 32.2. The molecule has 2 rings (SSSR count). The minimum Gasteiger partial charge on any atom is -0.394 e. The standard InChI is InChI=1S/C18H26N6O8S2/c1-2-3-13-4-5-14(12-15(13)34(29,30)31)21-18-23-16(19-6-9-32-10-8-25)22-17(24-18)20-7-11-33(26,27)28/h2-5,12,25H,6-11H2,1H3,(H,26,27,28)(H,29,30,31)(H3,19,20,21,22,23,24). The molecule has 2 aromatic rings. The Morgan fingerprint density at radius 2 is 1.62 bits per heavy atom. The van der Waals surface area contributed by atoms with E-state index in [2.05, 4.69) is 30.9 Å². The Morgan fingerprint density at radius 1 is 0.971 bits per heavy atom. The highest BCUT2D eigenvalue weighted by Crippen LogP contribution is 2.24. The summed E-state index contributed by atoms with van der Waals surface area (Å²) in [7, 11) is -8.72. The molecule has 1 heterocycles. The van der Waals surface area contributed by atoms with E-state index in [0.29, 0.717) is 0 Å². The maximum atomic E-state index is 11.8. The topological polar surface area (TPSA) is 213 Å². The molecular formula is C18H26N6O8S2. The Bertz CT molecular complexity index is 1200. The van der Waals surface area contributed by atoms with Gasteiger partial charge in [0.2, 0.25) is 17.8 Å². The molecule has 0 spiro atoms. The normalized spacial score (nSPS) is 12.1. The molecule has 0 fully saturated rings. The van der Waals surface area contributed by atoms with E-state index in [-0.39, 0.29) is 66.9 Å². The number of hydrogen-bond acceptors (Lipinski definition) is 12. The number of benzene rings is 1. The van der Waals surface area contributed by atoms with Crippen LogP contribution in [0.4, 0.5) is 23.5 Å². The SMILES string of the molecule is CC=Cc1ccc(Nc2nc(NCCOCCO)nc(NCCS(=O)(=O)O)n2)cc1S(=O)(=O)O. The summed E-state index contributed by atoms with van der Waals surface area (Å²) in [6.07, 6.45) is 3.14. The van der Waals surface area contributed by atoms with Gasteiger partial charge in [-0.05, 0) is 24.6 Å². The molecule has 188 valence electrons. The highest BCUT2D eigenvalue weighted by molar-refractivity contribution is 7.86. The molecule has 16 heteroatoms. The minimum atomic E-state index is -4.51. The number of hydrogen-bond donors (Lipinski definition) is 6. The highest BCUT2D eigenvalue weighted by Gasteiger charge is 2.16. The first-order valence-corrected chi connectivity index (χ1v) is 13.0. The summed E-state index contributed by atoms with van der Waals surface area (Å²) in [5, 5.41) is 17.1. The molecule has 0 amide bonds. The number of aliphatic hydroxyl groups excluding tert-OH is 1. The van der Waals surface area contributed by atoms with E-state index >= 15 is 0 Å². The molecule has 0 radical (unpaired) electrons. The molecule has 0 bridgehead atoms. The molecule has 14 nitrogen and oxygen atoms in total. The van der Waals surface area contributed by atoms with E-state index < -0.39 is 26.0 Å². The number of nitrogens with zero attached hydrogens (tertiary/aromatic N) is 3. The lowest BCUT2D eigenvalue weighted by Crippen LogP contribution is -2.18. The van der Waals surface area contributed by atoms with Gasteiger partial charge >= 0.3 is 0 Å². The molecule has 0 aliphatic carbocycles. The summed E-state index contributed by atoms with van der Waals surface area (Å²) < 4.78 is 69.0. The Hall–Kier alpha value is -2.89. The summed E-state index contributed by atoms with van der Waals surface area (Å²) in [5.74, 6) is -0.549. The summed E-state index contributed by atoms with van der Waals surface area (Å²) in [4.78, 5) is 12.0. The molecule has 6 N–H and O–H groups in total. The molecule has 34 heavy (non-hydrogen) atoms. The van der Waals surface area contributed by atoms with Crippen molar-refractivity contribution in [2.75, 3.05) is 54.6 Å². The summed E-state index contributed by atoms with van der Waals surface area (Å²) in [6, 6.07) is 4.24. The third-order valence-corrected chi connectivity index (χ3v) is 5.57. The Balaban J connectivity index is 2.29. The third kappa shape index (κ3) is 9.54. The lowest BCUT2D eigenvalue weighted by Gasteiger charge is -2.12. The molecule has 0 atom stereocenters. The minimum absolute atomic E-state index is 0.0248. The second-order valence-electron chi connectivity index (χ2n) is 6.63. The van der Waals surface area contributed by atoms with Gasteiger partial charge in [-0.15, -0.1) is 0 Å². The van der Waals surface area contributed by atoms with Gasteiger partial charge in [-0.25, -0.2) is 0 Å². The van der Waals surface area contributed by atoms with Crippen molar-refractivity contribution in [1.82, 2.24) is 15.0 Å². The Labute approximate surface area is 197 Å². The van der Waals surface area contributed by atoms with Crippen LogP contribution in [0.5, 0.6) is 0 Å². The van der Waals surface area contributed by atoms with Gasteiger partial charge in [0.05, 0.1) is 25.6 Å². The molecule has 0 saturated heterocycles. The van der Waals surface area contributed by atoms with Crippen LogP contribution in [0.2, 0.25) is 0 Å². The van der Waals surface area contributed by atoms with Crippen LogP contribution in [-0.2, 0) is 25.0 Å². The van der Waals surface area contributed by atoms with Gasteiger partial charge in [-0.2, -0.15) is 31.8 Å². The zero-order valence-electron chi connectivity index (χ0n) is 18.2. The van der Waals surface area contributed by atoms with Crippen molar-refractivity contribution in [3.63, 3.8) is 0 Å². The van der Waals surface area contributed by atoms with Gasteiger partial charge in [-0.3, -0.25) is 9.11 Å². The van der Waals surface area contributed by atoms with Gasteiger partial charge in [0.25, 0.3) is 20.2 Å². The van der Waals surface area contributed by atoms with E-state index in [0.717, 1.165) is 0 Å². The number of aromatic nitrogens is 3.